The molecule has 0 aromatic heterocycles. The van der Waals surface area contributed by atoms with Crippen LogP contribution in [0.3, 0.4) is 0 Å². The molecule has 120 valence electrons. The van der Waals surface area contributed by atoms with Crippen LogP contribution in [0.25, 0.3) is 0 Å². The Labute approximate surface area is 127 Å². The molecule has 1 aliphatic carbocycles. The quantitative estimate of drug-likeness (QED) is 0.836. The molecule has 0 radical (unpaired) electrons. The van der Waals surface area contributed by atoms with E-state index in [1.807, 2.05) is 4.90 Å². The summed E-state index contributed by atoms with van der Waals surface area (Å²) in [6, 6.07) is 0. The molecule has 2 saturated heterocycles. The summed E-state index contributed by atoms with van der Waals surface area (Å²) in [4.78, 5) is 16.8. The van der Waals surface area contributed by atoms with Gasteiger partial charge in [0.1, 0.15) is 0 Å². The van der Waals surface area contributed by atoms with Crippen LogP contribution in [0.15, 0.2) is 0 Å². The lowest BCUT2D eigenvalue weighted by atomic mass is 9.97. The zero-order valence-electron chi connectivity index (χ0n) is 12.9. The predicted molar refractivity (Wildman–Crippen MR) is 80.0 cm³/mol. The molecule has 1 saturated carbocycles. The van der Waals surface area contributed by atoms with Gasteiger partial charge in [0, 0.05) is 32.7 Å². The molecule has 2 heterocycles. The van der Waals surface area contributed by atoms with Gasteiger partial charge in [0.25, 0.3) is 0 Å². The van der Waals surface area contributed by atoms with E-state index in [9.17, 15) is 9.90 Å². The van der Waals surface area contributed by atoms with Crippen LogP contribution in [-0.4, -0.2) is 72.4 Å². The second kappa shape index (κ2) is 6.63. The van der Waals surface area contributed by atoms with E-state index in [1.54, 1.807) is 0 Å². The van der Waals surface area contributed by atoms with E-state index >= 15 is 0 Å². The fraction of sp³-hybridized carbons (Fsp3) is 0.938. The molecule has 5 nitrogen and oxygen atoms in total. The van der Waals surface area contributed by atoms with Gasteiger partial charge >= 0.3 is 0 Å². The van der Waals surface area contributed by atoms with Crippen molar-refractivity contribution >= 4 is 5.91 Å². The fourth-order valence-electron chi connectivity index (χ4n) is 3.96. The van der Waals surface area contributed by atoms with Gasteiger partial charge in [-0.05, 0) is 25.2 Å². The number of hydrogen-bond acceptors (Lipinski definition) is 4. The Kier molecular flexibility index (Phi) is 4.82. The fourth-order valence-corrected chi connectivity index (χ4v) is 3.96. The van der Waals surface area contributed by atoms with Crippen LogP contribution in [0, 0.1) is 5.92 Å². The van der Waals surface area contributed by atoms with E-state index in [0.717, 1.165) is 78.0 Å². The first kappa shape index (κ1) is 15.3. The molecule has 1 unspecified atom stereocenters. The third kappa shape index (κ3) is 3.96. The Morgan fingerprint density at radius 1 is 1.19 bits per heavy atom. The molecule has 1 amide bonds. The van der Waals surface area contributed by atoms with Crippen molar-refractivity contribution in [1.82, 2.24) is 9.80 Å². The molecule has 0 aromatic carbocycles. The summed E-state index contributed by atoms with van der Waals surface area (Å²) in [7, 11) is 0. The van der Waals surface area contributed by atoms with Crippen LogP contribution in [0.4, 0.5) is 0 Å². The maximum absolute atomic E-state index is 12.4. The summed E-state index contributed by atoms with van der Waals surface area (Å²) in [5.74, 6) is 0.745. The maximum Gasteiger partial charge on any atom is 0.225 e. The van der Waals surface area contributed by atoms with Crippen molar-refractivity contribution in [3.05, 3.63) is 0 Å². The van der Waals surface area contributed by atoms with Crippen LogP contribution in [-0.2, 0) is 9.53 Å². The van der Waals surface area contributed by atoms with Crippen LogP contribution < -0.4 is 0 Å². The van der Waals surface area contributed by atoms with E-state index in [0.29, 0.717) is 12.3 Å². The second-order valence-electron chi connectivity index (χ2n) is 7.02. The number of morpholine rings is 1. The molecule has 3 fully saturated rings. The molecule has 0 aromatic rings. The van der Waals surface area contributed by atoms with E-state index in [1.165, 1.54) is 0 Å². The standard InChI is InChI=1S/C16H28N2O3/c19-15(11-16(20)4-1-2-5-16)18-6-3-14(13-18)12-17-7-9-21-10-8-17/h14,20H,1-13H2. The number of aliphatic hydroxyl groups is 1. The van der Waals surface area contributed by atoms with Gasteiger partial charge in [-0.1, -0.05) is 12.8 Å². The van der Waals surface area contributed by atoms with E-state index < -0.39 is 5.60 Å². The molecule has 1 N–H and O–H groups in total. The first-order valence-corrected chi connectivity index (χ1v) is 8.45. The molecule has 3 rings (SSSR count). The van der Waals surface area contributed by atoms with Crippen molar-refractivity contribution in [1.29, 1.82) is 0 Å². The zero-order valence-corrected chi connectivity index (χ0v) is 12.9. The normalized spacial score (nSPS) is 30.0. The van der Waals surface area contributed by atoms with Crippen LogP contribution in [0.1, 0.15) is 38.5 Å². The van der Waals surface area contributed by atoms with Gasteiger partial charge in [0.15, 0.2) is 0 Å². The van der Waals surface area contributed by atoms with Gasteiger partial charge < -0.3 is 14.7 Å². The van der Waals surface area contributed by atoms with Crippen LogP contribution >= 0.6 is 0 Å². The number of ether oxygens (including phenoxy) is 1. The number of nitrogens with zero attached hydrogens (tertiary/aromatic N) is 2. The maximum atomic E-state index is 12.4. The van der Waals surface area contributed by atoms with Crippen molar-refractivity contribution in [2.24, 2.45) is 5.92 Å². The van der Waals surface area contributed by atoms with Crippen LogP contribution in [0.2, 0.25) is 0 Å². The summed E-state index contributed by atoms with van der Waals surface area (Å²) < 4.78 is 5.38. The van der Waals surface area contributed by atoms with Gasteiger partial charge in [-0.2, -0.15) is 0 Å². The summed E-state index contributed by atoms with van der Waals surface area (Å²) in [6.07, 6.45) is 5.14. The Morgan fingerprint density at radius 3 is 2.62 bits per heavy atom. The first-order chi connectivity index (χ1) is 10.1. The highest BCUT2D eigenvalue weighted by Crippen LogP contribution is 2.33. The van der Waals surface area contributed by atoms with E-state index in [2.05, 4.69) is 4.90 Å². The lowest BCUT2D eigenvalue weighted by Crippen LogP contribution is -2.41. The van der Waals surface area contributed by atoms with Crippen molar-refractivity contribution in [2.75, 3.05) is 45.9 Å². The van der Waals surface area contributed by atoms with Gasteiger partial charge in [-0.3, -0.25) is 9.69 Å². The average Bonchev–Trinajstić information content (AvgIpc) is 3.09. The van der Waals surface area contributed by atoms with E-state index in [4.69, 9.17) is 4.74 Å². The smallest absolute Gasteiger partial charge is 0.225 e. The molecular weight excluding hydrogens is 268 g/mol. The predicted octanol–water partition coefficient (Wildman–Crippen LogP) is 0.862. The highest BCUT2D eigenvalue weighted by Gasteiger charge is 2.36. The van der Waals surface area contributed by atoms with Gasteiger partial charge in [-0.25, -0.2) is 0 Å². The molecule has 2 aliphatic heterocycles. The number of carbonyl (C=O) groups excluding carboxylic acids is 1. The monoisotopic (exact) mass is 296 g/mol. The Bertz CT molecular complexity index is 363. The molecule has 1 atom stereocenters. The Hall–Kier alpha value is -0.650. The molecule has 0 bridgehead atoms. The largest absolute Gasteiger partial charge is 0.389 e. The lowest BCUT2D eigenvalue weighted by molar-refractivity contribution is -0.135. The Morgan fingerprint density at radius 2 is 1.90 bits per heavy atom. The summed E-state index contributed by atoms with van der Waals surface area (Å²) in [5.41, 5.74) is -0.709. The van der Waals surface area contributed by atoms with Gasteiger partial charge in [0.05, 0.1) is 25.2 Å². The summed E-state index contributed by atoms with van der Waals surface area (Å²) in [5, 5.41) is 10.4. The molecule has 3 aliphatic rings. The first-order valence-electron chi connectivity index (χ1n) is 8.45. The Balaban J connectivity index is 1.44. The summed E-state index contributed by atoms with van der Waals surface area (Å²) in [6.45, 7) is 6.52. The average molecular weight is 296 g/mol. The topological polar surface area (TPSA) is 53.0 Å². The number of likely N-dealkylation sites (tertiary alicyclic amines) is 1. The number of hydrogen-bond donors (Lipinski definition) is 1. The molecule has 21 heavy (non-hydrogen) atoms. The third-order valence-electron chi connectivity index (χ3n) is 5.27. The van der Waals surface area contributed by atoms with Crippen molar-refractivity contribution in [3.63, 3.8) is 0 Å². The van der Waals surface area contributed by atoms with E-state index in [-0.39, 0.29) is 5.91 Å². The van der Waals surface area contributed by atoms with Gasteiger partial charge in [0.2, 0.25) is 5.91 Å². The number of rotatable bonds is 4. The lowest BCUT2D eigenvalue weighted by Gasteiger charge is -2.29. The van der Waals surface area contributed by atoms with Crippen molar-refractivity contribution in [3.8, 4) is 0 Å². The minimum atomic E-state index is -0.709. The minimum absolute atomic E-state index is 0.156. The van der Waals surface area contributed by atoms with Gasteiger partial charge in [-0.15, -0.1) is 0 Å². The van der Waals surface area contributed by atoms with Crippen LogP contribution in [0.5, 0.6) is 0 Å². The zero-order chi connectivity index (χ0) is 14.7. The van der Waals surface area contributed by atoms with Crippen molar-refractivity contribution in [2.45, 2.75) is 44.1 Å². The second-order valence-corrected chi connectivity index (χ2v) is 7.02. The number of carbonyl (C=O) groups is 1. The highest BCUT2D eigenvalue weighted by atomic mass is 16.5. The molecule has 5 heteroatoms. The minimum Gasteiger partial charge on any atom is -0.389 e. The third-order valence-corrected chi connectivity index (χ3v) is 5.27. The molecular formula is C16H28N2O3. The molecule has 0 spiro atoms. The SMILES string of the molecule is O=C(CC1(O)CCCC1)N1CCC(CN2CCOCC2)C1. The number of amides is 1. The highest BCUT2D eigenvalue weighted by molar-refractivity contribution is 5.77. The summed E-state index contributed by atoms with van der Waals surface area (Å²) >= 11 is 0. The van der Waals surface area contributed by atoms with Crippen molar-refractivity contribution < 1.29 is 14.6 Å².